The van der Waals surface area contributed by atoms with Crippen LogP contribution in [-0.2, 0) is 16.7 Å². The van der Waals surface area contributed by atoms with Crippen LogP contribution < -0.4 is 0 Å². The Hall–Kier alpha value is -3.29. The van der Waals surface area contributed by atoms with Crippen molar-refractivity contribution in [1.82, 2.24) is 9.88 Å². The Bertz CT molecular complexity index is 1380. The minimum atomic E-state index is -1.25. The molecule has 172 valence electrons. The zero-order chi connectivity index (χ0) is 23.3. The van der Waals surface area contributed by atoms with Crippen molar-refractivity contribution in [1.29, 1.82) is 0 Å². The number of likely N-dealkylation sites (tertiary alicyclic amines) is 1. The Kier molecular flexibility index (Phi) is 5.12. The molecule has 6 rings (SSSR count). The summed E-state index contributed by atoms with van der Waals surface area (Å²) in [6.07, 6.45) is 0.732. The van der Waals surface area contributed by atoms with E-state index in [0.717, 1.165) is 28.6 Å². The van der Waals surface area contributed by atoms with Crippen LogP contribution in [0.5, 0.6) is 0 Å². The molecule has 0 bridgehead atoms. The van der Waals surface area contributed by atoms with E-state index in [0.29, 0.717) is 30.2 Å². The molecule has 0 spiro atoms. The molecule has 1 aromatic heterocycles. The largest absolute Gasteiger partial charge is 0.506 e. The number of halogens is 1. The molecule has 0 unspecified atom stereocenters. The van der Waals surface area contributed by atoms with Gasteiger partial charge < -0.3 is 9.84 Å². The van der Waals surface area contributed by atoms with Gasteiger partial charge in [-0.25, -0.2) is 14.2 Å². The van der Waals surface area contributed by atoms with Gasteiger partial charge in [0.15, 0.2) is 0 Å². The maximum atomic E-state index is 15.0. The fourth-order valence-corrected chi connectivity index (χ4v) is 5.95. The number of thiazole rings is 1. The third-order valence-electron chi connectivity index (χ3n) is 6.88. The third kappa shape index (κ3) is 3.85. The highest BCUT2D eigenvalue weighted by Crippen LogP contribution is 2.54. The number of carbonyl (C=O) groups is 1. The molecular weight excluding hydrogens is 451 g/mol. The highest BCUT2D eigenvalue weighted by molar-refractivity contribution is 7.21. The van der Waals surface area contributed by atoms with Gasteiger partial charge in [0, 0.05) is 30.6 Å². The number of benzene rings is 3. The molecular formula is C27H23FN2O3S. The van der Waals surface area contributed by atoms with Crippen LogP contribution in [0, 0.1) is 5.82 Å². The molecule has 5 nitrogen and oxygen atoms in total. The van der Waals surface area contributed by atoms with E-state index < -0.39 is 6.16 Å². The molecule has 1 saturated carbocycles. The number of nitrogens with zero attached hydrogens (tertiary/aromatic N) is 2. The Morgan fingerprint density at radius 1 is 1.09 bits per heavy atom. The molecule has 4 aromatic rings. The molecule has 2 aliphatic rings. The van der Waals surface area contributed by atoms with Crippen molar-refractivity contribution in [3.63, 3.8) is 0 Å². The maximum Gasteiger partial charge on any atom is 0.506 e. The minimum Gasteiger partial charge on any atom is -0.450 e. The standard InChI is InChI=1S/C27H23FN2O3S/c28-22-12-17(14-30-15-20(16-30)33-26(31)32)6-8-21(22)25-29-23-9-7-19(13-24(23)34-25)27(10-11-27)18-4-2-1-3-5-18/h1-9,12-13,20H,10-11,14-16H2,(H,31,32). The number of aromatic nitrogens is 1. The van der Waals surface area contributed by atoms with Crippen LogP contribution in [-0.4, -0.2) is 40.3 Å². The van der Waals surface area contributed by atoms with Crippen LogP contribution in [0.4, 0.5) is 9.18 Å². The van der Waals surface area contributed by atoms with Crippen LogP contribution in [0.25, 0.3) is 20.8 Å². The lowest BCUT2D eigenvalue weighted by atomic mass is 9.88. The summed E-state index contributed by atoms with van der Waals surface area (Å²) in [5.41, 5.74) is 4.99. The molecule has 2 heterocycles. The number of hydrogen-bond donors (Lipinski definition) is 1. The second-order valence-electron chi connectivity index (χ2n) is 9.16. The number of hydrogen-bond acceptors (Lipinski definition) is 5. The summed E-state index contributed by atoms with van der Waals surface area (Å²) >= 11 is 1.53. The van der Waals surface area contributed by atoms with Gasteiger partial charge in [-0.15, -0.1) is 11.3 Å². The van der Waals surface area contributed by atoms with Crippen LogP contribution in [0.2, 0.25) is 0 Å². The summed E-state index contributed by atoms with van der Waals surface area (Å²) in [6.45, 7) is 1.61. The molecule has 1 aliphatic carbocycles. The predicted octanol–water partition coefficient (Wildman–Crippen LogP) is 6.06. The Labute approximate surface area is 200 Å². The molecule has 0 radical (unpaired) electrons. The highest BCUT2D eigenvalue weighted by Gasteiger charge is 2.45. The van der Waals surface area contributed by atoms with E-state index >= 15 is 4.39 Å². The highest BCUT2D eigenvalue weighted by atomic mass is 32.1. The summed E-state index contributed by atoms with van der Waals surface area (Å²) in [6, 6.07) is 22.3. The smallest absolute Gasteiger partial charge is 0.450 e. The lowest BCUT2D eigenvalue weighted by Gasteiger charge is -2.37. The van der Waals surface area contributed by atoms with Crippen molar-refractivity contribution in [2.24, 2.45) is 0 Å². The van der Waals surface area contributed by atoms with Gasteiger partial charge in [0.1, 0.15) is 16.9 Å². The van der Waals surface area contributed by atoms with Gasteiger partial charge in [0.05, 0.1) is 10.2 Å². The average molecular weight is 475 g/mol. The van der Waals surface area contributed by atoms with E-state index in [1.165, 1.54) is 22.5 Å². The molecule has 34 heavy (non-hydrogen) atoms. The van der Waals surface area contributed by atoms with Gasteiger partial charge in [-0.2, -0.15) is 0 Å². The van der Waals surface area contributed by atoms with Crippen LogP contribution in [0.15, 0.2) is 66.7 Å². The number of rotatable bonds is 6. The molecule has 0 amide bonds. The topological polar surface area (TPSA) is 62.7 Å². The Morgan fingerprint density at radius 3 is 2.59 bits per heavy atom. The summed E-state index contributed by atoms with van der Waals surface area (Å²) in [4.78, 5) is 17.3. The SMILES string of the molecule is O=C(O)OC1CN(Cc2ccc(-c3nc4ccc(C5(c6ccccc6)CC5)cc4s3)c(F)c2)C1. The van der Waals surface area contributed by atoms with Crippen LogP contribution in [0.1, 0.15) is 29.5 Å². The molecule has 1 saturated heterocycles. The van der Waals surface area contributed by atoms with Gasteiger partial charge >= 0.3 is 6.16 Å². The van der Waals surface area contributed by atoms with Gasteiger partial charge in [-0.1, -0.05) is 42.5 Å². The maximum absolute atomic E-state index is 15.0. The first kappa shape index (κ1) is 21.3. The monoisotopic (exact) mass is 474 g/mol. The Morgan fingerprint density at radius 2 is 1.88 bits per heavy atom. The second-order valence-corrected chi connectivity index (χ2v) is 10.2. The Balaban J connectivity index is 1.21. The quantitative estimate of drug-likeness (QED) is 0.344. The zero-order valence-corrected chi connectivity index (χ0v) is 19.2. The number of carboxylic acid groups (broad SMARTS) is 1. The molecule has 1 aliphatic heterocycles. The van der Waals surface area contributed by atoms with E-state index in [4.69, 9.17) is 14.8 Å². The molecule has 2 fully saturated rings. The normalized spacial score (nSPS) is 17.4. The van der Waals surface area contributed by atoms with Gasteiger partial charge in [-0.3, -0.25) is 4.90 Å². The second kappa shape index (κ2) is 8.18. The van der Waals surface area contributed by atoms with E-state index in [1.807, 2.05) is 17.0 Å². The number of ether oxygens (including phenoxy) is 1. The first-order chi connectivity index (χ1) is 16.5. The van der Waals surface area contributed by atoms with Crippen molar-refractivity contribution in [2.75, 3.05) is 13.1 Å². The fourth-order valence-electron chi connectivity index (χ4n) is 4.92. The average Bonchev–Trinajstić information content (AvgIpc) is 3.51. The summed E-state index contributed by atoms with van der Waals surface area (Å²) in [5, 5.41) is 9.35. The third-order valence-corrected chi connectivity index (χ3v) is 7.93. The number of fused-ring (bicyclic) bond motifs is 1. The molecule has 3 aromatic carbocycles. The zero-order valence-electron chi connectivity index (χ0n) is 18.4. The van der Waals surface area contributed by atoms with Gasteiger partial charge in [-0.05, 0) is 53.8 Å². The van der Waals surface area contributed by atoms with Gasteiger partial charge in [0.2, 0.25) is 0 Å². The van der Waals surface area contributed by atoms with Crippen molar-refractivity contribution in [3.8, 4) is 10.6 Å². The first-order valence-electron chi connectivity index (χ1n) is 11.4. The summed E-state index contributed by atoms with van der Waals surface area (Å²) in [5.74, 6) is -0.293. The van der Waals surface area contributed by atoms with Crippen molar-refractivity contribution in [2.45, 2.75) is 30.9 Å². The fraction of sp³-hybridized carbons (Fsp3) is 0.259. The van der Waals surface area contributed by atoms with E-state index in [-0.39, 0.29) is 17.3 Å². The summed E-state index contributed by atoms with van der Waals surface area (Å²) in [7, 11) is 0. The molecule has 0 atom stereocenters. The lowest BCUT2D eigenvalue weighted by Crippen LogP contribution is -2.52. The lowest BCUT2D eigenvalue weighted by molar-refractivity contribution is -0.0363. The first-order valence-corrected chi connectivity index (χ1v) is 12.2. The van der Waals surface area contributed by atoms with Crippen molar-refractivity contribution < 1.29 is 19.0 Å². The predicted molar refractivity (Wildman–Crippen MR) is 130 cm³/mol. The van der Waals surface area contributed by atoms with Crippen molar-refractivity contribution in [3.05, 3.63) is 89.2 Å². The van der Waals surface area contributed by atoms with E-state index in [9.17, 15) is 4.79 Å². The van der Waals surface area contributed by atoms with E-state index in [2.05, 4.69) is 42.5 Å². The molecule has 7 heteroatoms. The minimum absolute atomic E-state index is 0.0951. The van der Waals surface area contributed by atoms with Crippen LogP contribution in [0.3, 0.4) is 0 Å². The summed E-state index contributed by atoms with van der Waals surface area (Å²) < 4.78 is 20.8. The van der Waals surface area contributed by atoms with Crippen molar-refractivity contribution >= 4 is 27.7 Å². The van der Waals surface area contributed by atoms with E-state index in [1.54, 1.807) is 12.1 Å². The van der Waals surface area contributed by atoms with Gasteiger partial charge in [0.25, 0.3) is 0 Å². The van der Waals surface area contributed by atoms with Crippen LogP contribution >= 0.6 is 11.3 Å². The molecule has 1 N–H and O–H groups in total.